The van der Waals surface area contributed by atoms with Gasteiger partial charge in [-0.05, 0) is 26.7 Å². The lowest BCUT2D eigenvalue weighted by Gasteiger charge is -2.38. The number of hydrogen-bond donors (Lipinski definition) is 1. The highest BCUT2D eigenvalue weighted by Crippen LogP contribution is 2.32. The van der Waals surface area contributed by atoms with Crippen molar-refractivity contribution < 1.29 is 19.4 Å². The lowest BCUT2D eigenvalue weighted by atomic mass is 9.78. The molecule has 5 heteroatoms. The molecule has 0 bridgehead atoms. The Morgan fingerprint density at radius 1 is 1.32 bits per heavy atom. The summed E-state index contributed by atoms with van der Waals surface area (Å²) in [4.78, 5) is 25.6. The van der Waals surface area contributed by atoms with Crippen molar-refractivity contribution in [3.63, 3.8) is 0 Å². The Bertz CT molecular complexity index is 338. The summed E-state index contributed by atoms with van der Waals surface area (Å²) in [5.74, 6) is -0.950. The third-order valence-electron chi connectivity index (χ3n) is 4.23. The maximum atomic E-state index is 12.4. The van der Waals surface area contributed by atoms with Crippen molar-refractivity contribution in [2.75, 3.05) is 13.2 Å². The minimum absolute atomic E-state index is 0.0163. The van der Waals surface area contributed by atoms with Crippen molar-refractivity contribution in [2.45, 2.75) is 59.1 Å². The molecule has 2 unspecified atom stereocenters. The van der Waals surface area contributed by atoms with Crippen LogP contribution >= 0.6 is 0 Å². The highest BCUT2D eigenvalue weighted by atomic mass is 16.5. The van der Waals surface area contributed by atoms with Gasteiger partial charge >= 0.3 is 5.97 Å². The van der Waals surface area contributed by atoms with Gasteiger partial charge in [0.15, 0.2) is 0 Å². The van der Waals surface area contributed by atoms with E-state index in [2.05, 4.69) is 0 Å². The molecule has 1 aliphatic heterocycles. The predicted octanol–water partition coefficient (Wildman–Crippen LogP) is 1.90. The van der Waals surface area contributed by atoms with Gasteiger partial charge in [-0.15, -0.1) is 0 Å². The van der Waals surface area contributed by atoms with E-state index in [1.807, 2.05) is 27.7 Å². The Kier molecular flexibility index (Phi) is 5.35. The van der Waals surface area contributed by atoms with Crippen LogP contribution in [0, 0.1) is 5.41 Å². The second kappa shape index (κ2) is 6.37. The summed E-state index contributed by atoms with van der Waals surface area (Å²) in [5, 5.41) is 9.39. The zero-order valence-electron chi connectivity index (χ0n) is 12.3. The van der Waals surface area contributed by atoms with E-state index in [9.17, 15) is 14.7 Å². The zero-order chi connectivity index (χ0) is 14.6. The van der Waals surface area contributed by atoms with Crippen molar-refractivity contribution in [3.8, 4) is 0 Å². The number of rotatable bonds is 5. The number of ether oxygens (including phenoxy) is 1. The first kappa shape index (κ1) is 16.0. The first-order valence-corrected chi connectivity index (χ1v) is 7.00. The molecule has 1 aliphatic rings. The molecule has 2 atom stereocenters. The maximum absolute atomic E-state index is 12.4. The average molecular weight is 271 g/mol. The van der Waals surface area contributed by atoms with E-state index in [0.717, 1.165) is 0 Å². The van der Waals surface area contributed by atoms with Gasteiger partial charge < -0.3 is 14.7 Å². The third-order valence-corrected chi connectivity index (χ3v) is 4.23. The molecule has 110 valence electrons. The van der Waals surface area contributed by atoms with Crippen LogP contribution in [0.25, 0.3) is 0 Å². The Hall–Kier alpha value is -1.10. The average Bonchev–Trinajstić information content (AvgIpc) is 2.38. The third kappa shape index (κ3) is 3.47. The summed E-state index contributed by atoms with van der Waals surface area (Å²) < 4.78 is 5.49. The topological polar surface area (TPSA) is 66.8 Å². The molecule has 0 aromatic carbocycles. The number of nitrogens with zero attached hydrogens (tertiary/aromatic N) is 1. The van der Waals surface area contributed by atoms with Crippen LogP contribution in [0.1, 0.15) is 47.0 Å². The Morgan fingerprint density at radius 3 is 2.37 bits per heavy atom. The van der Waals surface area contributed by atoms with Crippen molar-refractivity contribution in [1.29, 1.82) is 0 Å². The largest absolute Gasteiger partial charge is 0.481 e. The summed E-state index contributed by atoms with van der Waals surface area (Å²) in [7, 11) is 0. The van der Waals surface area contributed by atoms with Crippen molar-refractivity contribution in [3.05, 3.63) is 0 Å². The van der Waals surface area contributed by atoms with Gasteiger partial charge in [-0.1, -0.05) is 13.8 Å². The van der Waals surface area contributed by atoms with Crippen LogP contribution < -0.4 is 0 Å². The zero-order valence-corrected chi connectivity index (χ0v) is 12.3. The highest BCUT2D eigenvalue weighted by Gasteiger charge is 2.40. The summed E-state index contributed by atoms with van der Waals surface area (Å²) in [5.41, 5.74) is -0.932. The number of aliphatic carboxylic acids is 1. The first-order valence-electron chi connectivity index (χ1n) is 7.00. The first-order chi connectivity index (χ1) is 8.86. The lowest BCUT2D eigenvalue weighted by molar-refractivity contribution is -0.157. The quantitative estimate of drug-likeness (QED) is 0.829. The molecule has 1 rings (SSSR count). The molecule has 0 radical (unpaired) electrons. The minimum atomic E-state index is -0.932. The van der Waals surface area contributed by atoms with Crippen LogP contribution in [-0.4, -0.2) is 47.2 Å². The van der Waals surface area contributed by atoms with Gasteiger partial charge in [-0.2, -0.15) is 0 Å². The summed E-state index contributed by atoms with van der Waals surface area (Å²) >= 11 is 0. The molecule has 1 saturated heterocycles. The number of carboxylic acid groups (broad SMARTS) is 1. The highest BCUT2D eigenvalue weighted by molar-refractivity contribution is 5.85. The number of carboxylic acids is 1. The Morgan fingerprint density at radius 2 is 1.89 bits per heavy atom. The maximum Gasteiger partial charge on any atom is 0.310 e. The van der Waals surface area contributed by atoms with Crippen LogP contribution in [0.4, 0.5) is 0 Å². The number of amides is 1. The molecule has 0 spiro atoms. The van der Waals surface area contributed by atoms with Crippen molar-refractivity contribution >= 4 is 11.9 Å². The normalized spacial score (nSPS) is 24.3. The molecule has 1 amide bonds. The van der Waals surface area contributed by atoms with Gasteiger partial charge in [0.25, 0.3) is 0 Å². The molecule has 1 N–H and O–H groups in total. The fraction of sp³-hybridized carbons (Fsp3) is 0.857. The minimum Gasteiger partial charge on any atom is -0.481 e. The smallest absolute Gasteiger partial charge is 0.310 e. The van der Waals surface area contributed by atoms with E-state index in [-0.39, 0.29) is 24.5 Å². The number of morpholine rings is 1. The van der Waals surface area contributed by atoms with Crippen LogP contribution in [-0.2, 0) is 14.3 Å². The second-order valence-corrected chi connectivity index (χ2v) is 5.51. The summed E-state index contributed by atoms with van der Waals surface area (Å²) in [6.45, 7) is 8.58. The molecular formula is C14H25NO4. The van der Waals surface area contributed by atoms with Crippen molar-refractivity contribution in [1.82, 2.24) is 4.90 Å². The number of hydrogen-bond acceptors (Lipinski definition) is 3. The molecule has 0 aromatic rings. The molecule has 0 aromatic heterocycles. The van der Waals surface area contributed by atoms with E-state index in [1.165, 1.54) is 0 Å². The van der Waals surface area contributed by atoms with E-state index in [1.54, 1.807) is 4.90 Å². The predicted molar refractivity (Wildman–Crippen MR) is 71.9 cm³/mol. The van der Waals surface area contributed by atoms with Gasteiger partial charge in [0.1, 0.15) is 0 Å². The molecular weight excluding hydrogens is 246 g/mol. The Balaban J connectivity index is 2.79. The van der Waals surface area contributed by atoms with Gasteiger partial charge in [-0.25, -0.2) is 0 Å². The fourth-order valence-corrected chi connectivity index (χ4v) is 2.52. The van der Waals surface area contributed by atoms with Gasteiger partial charge in [0.2, 0.25) is 5.91 Å². The van der Waals surface area contributed by atoms with Gasteiger partial charge in [0, 0.05) is 13.0 Å². The van der Waals surface area contributed by atoms with Crippen molar-refractivity contribution in [2.24, 2.45) is 5.41 Å². The molecule has 5 nitrogen and oxygen atoms in total. The van der Waals surface area contributed by atoms with Crippen LogP contribution in [0.15, 0.2) is 0 Å². The molecule has 1 fully saturated rings. The summed E-state index contributed by atoms with van der Waals surface area (Å²) in [6, 6.07) is 0.0175. The molecule has 19 heavy (non-hydrogen) atoms. The Labute approximate surface area is 114 Å². The van der Waals surface area contributed by atoms with Crippen LogP contribution in [0.3, 0.4) is 0 Å². The standard InChI is InChI=1S/C14H25NO4/c1-5-14(6-2,13(17)18)7-12(16)15-8-11(4)19-9-10(15)3/h10-11H,5-9H2,1-4H3,(H,17,18). The van der Waals surface area contributed by atoms with E-state index < -0.39 is 11.4 Å². The van der Waals surface area contributed by atoms with Gasteiger partial charge in [0.05, 0.1) is 24.2 Å². The molecule has 0 saturated carbocycles. The fourth-order valence-electron chi connectivity index (χ4n) is 2.52. The van der Waals surface area contributed by atoms with E-state index in [4.69, 9.17) is 4.74 Å². The number of carbonyl (C=O) groups excluding carboxylic acids is 1. The summed E-state index contributed by atoms with van der Waals surface area (Å²) in [6.07, 6.45) is 1.03. The second-order valence-electron chi connectivity index (χ2n) is 5.51. The van der Waals surface area contributed by atoms with Gasteiger partial charge in [-0.3, -0.25) is 9.59 Å². The molecule has 1 heterocycles. The monoisotopic (exact) mass is 271 g/mol. The lowest BCUT2D eigenvalue weighted by Crippen LogP contribution is -2.51. The van der Waals surface area contributed by atoms with Crippen LogP contribution in [0.2, 0.25) is 0 Å². The SMILES string of the molecule is CCC(CC)(CC(=O)N1CC(C)OCC1C)C(=O)O. The molecule has 0 aliphatic carbocycles. The number of carbonyl (C=O) groups is 2. The van der Waals surface area contributed by atoms with E-state index in [0.29, 0.717) is 26.0 Å². The van der Waals surface area contributed by atoms with Crippen LogP contribution in [0.5, 0.6) is 0 Å². The van der Waals surface area contributed by atoms with E-state index >= 15 is 0 Å².